The van der Waals surface area contributed by atoms with E-state index in [0.717, 1.165) is 0 Å². The summed E-state index contributed by atoms with van der Waals surface area (Å²) in [6.07, 6.45) is -3.79. The van der Waals surface area contributed by atoms with Crippen molar-refractivity contribution in [2.45, 2.75) is 18.4 Å². The summed E-state index contributed by atoms with van der Waals surface area (Å²) in [5.74, 6) is -4.24. The fraction of sp³-hybridized carbons (Fsp3) is 0.333. The topological polar surface area (TPSA) is 26.0 Å². The minimum atomic E-state index is -4.24. The molecule has 0 aliphatic rings. The van der Waals surface area contributed by atoms with Crippen LogP contribution in [0.1, 0.15) is 11.6 Å². The van der Waals surface area contributed by atoms with Gasteiger partial charge in [-0.25, -0.2) is 8.78 Å². The highest BCUT2D eigenvalue weighted by Crippen LogP contribution is 2.34. The van der Waals surface area contributed by atoms with E-state index in [1.54, 1.807) is 0 Å². The van der Waals surface area contributed by atoms with Crippen LogP contribution in [0.25, 0.3) is 0 Å². The van der Waals surface area contributed by atoms with E-state index in [1.807, 2.05) is 0 Å². The van der Waals surface area contributed by atoms with E-state index >= 15 is 0 Å². The van der Waals surface area contributed by atoms with Gasteiger partial charge in [0.05, 0.1) is 0 Å². The van der Waals surface area contributed by atoms with Crippen LogP contribution in [-0.2, 0) is 0 Å². The van der Waals surface area contributed by atoms with Gasteiger partial charge in [0.2, 0.25) is 0 Å². The van der Waals surface area contributed by atoms with E-state index in [1.165, 1.54) is 24.3 Å². The van der Waals surface area contributed by atoms with Crippen LogP contribution in [0.5, 0.6) is 0 Å². The van der Waals surface area contributed by atoms with Crippen LogP contribution in [0.2, 0.25) is 5.02 Å². The molecule has 0 radical (unpaired) electrons. The standard InChI is InChI=1S/C9H8ClF4N/c10-6-3-1-5(2-4-6)7(15)9(13,14)8(11)12/h1-4,7-8H,15H2. The van der Waals surface area contributed by atoms with Crippen molar-refractivity contribution in [1.29, 1.82) is 0 Å². The maximum absolute atomic E-state index is 12.8. The van der Waals surface area contributed by atoms with Gasteiger partial charge in [0.15, 0.2) is 0 Å². The summed E-state index contributed by atoms with van der Waals surface area (Å²) in [7, 11) is 0. The largest absolute Gasteiger partial charge is 0.326 e. The lowest BCUT2D eigenvalue weighted by Crippen LogP contribution is -2.39. The molecule has 1 rings (SSSR count). The lowest BCUT2D eigenvalue weighted by atomic mass is 10.0. The van der Waals surface area contributed by atoms with E-state index in [4.69, 9.17) is 17.3 Å². The minimum Gasteiger partial charge on any atom is -0.319 e. The lowest BCUT2D eigenvalue weighted by molar-refractivity contribution is -0.144. The third kappa shape index (κ3) is 2.60. The Morgan fingerprint density at radius 2 is 1.60 bits per heavy atom. The molecule has 0 amide bonds. The molecule has 1 aromatic carbocycles. The van der Waals surface area contributed by atoms with Crippen LogP contribution in [0.3, 0.4) is 0 Å². The van der Waals surface area contributed by atoms with E-state index in [9.17, 15) is 17.6 Å². The maximum atomic E-state index is 12.8. The van der Waals surface area contributed by atoms with Gasteiger partial charge >= 0.3 is 12.3 Å². The normalized spacial score (nSPS) is 14.3. The lowest BCUT2D eigenvalue weighted by Gasteiger charge is -2.22. The zero-order valence-electron chi connectivity index (χ0n) is 7.43. The van der Waals surface area contributed by atoms with Crippen molar-refractivity contribution >= 4 is 11.6 Å². The third-order valence-electron chi connectivity index (χ3n) is 1.93. The molecule has 0 aliphatic heterocycles. The van der Waals surface area contributed by atoms with Crippen LogP contribution in [-0.4, -0.2) is 12.3 Å². The average molecular weight is 242 g/mol. The number of nitrogens with two attached hydrogens (primary N) is 1. The molecule has 0 saturated heterocycles. The maximum Gasteiger partial charge on any atom is 0.326 e. The monoisotopic (exact) mass is 241 g/mol. The summed E-state index contributed by atoms with van der Waals surface area (Å²) in [5.41, 5.74) is 4.97. The number of hydrogen-bond acceptors (Lipinski definition) is 1. The van der Waals surface area contributed by atoms with Crippen molar-refractivity contribution in [2.24, 2.45) is 5.73 Å². The Bertz CT molecular complexity index is 325. The molecule has 1 unspecified atom stereocenters. The summed E-state index contributed by atoms with van der Waals surface area (Å²) < 4.78 is 49.6. The van der Waals surface area contributed by atoms with Crippen LogP contribution in [0, 0.1) is 0 Å². The van der Waals surface area contributed by atoms with Crippen molar-refractivity contribution in [3.63, 3.8) is 0 Å². The Hall–Kier alpha value is -0.810. The summed E-state index contributed by atoms with van der Waals surface area (Å²) >= 11 is 5.52. The Balaban J connectivity index is 2.94. The summed E-state index contributed by atoms with van der Waals surface area (Å²) in [6, 6.07) is 3.00. The zero-order chi connectivity index (χ0) is 11.6. The average Bonchev–Trinajstić information content (AvgIpc) is 2.17. The SMILES string of the molecule is NC(c1ccc(Cl)cc1)C(F)(F)C(F)F. The van der Waals surface area contributed by atoms with Crippen LogP contribution < -0.4 is 5.73 Å². The Morgan fingerprint density at radius 3 is 2.00 bits per heavy atom. The smallest absolute Gasteiger partial charge is 0.319 e. The van der Waals surface area contributed by atoms with Crippen LogP contribution >= 0.6 is 11.6 Å². The number of rotatable bonds is 3. The Morgan fingerprint density at radius 1 is 1.13 bits per heavy atom. The van der Waals surface area contributed by atoms with Gasteiger partial charge in [-0.3, -0.25) is 0 Å². The van der Waals surface area contributed by atoms with Crippen molar-refractivity contribution in [1.82, 2.24) is 0 Å². The molecule has 0 fully saturated rings. The molecule has 0 aromatic heterocycles. The zero-order valence-corrected chi connectivity index (χ0v) is 8.19. The van der Waals surface area contributed by atoms with E-state index in [2.05, 4.69) is 0 Å². The van der Waals surface area contributed by atoms with Crippen molar-refractivity contribution in [2.75, 3.05) is 0 Å². The quantitative estimate of drug-likeness (QED) is 0.808. The molecule has 2 N–H and O–H groups in total. The molecule has 1 aromatic rings. The molecule has 15 heavy (non-hydrogen) atoms. The first kappa shape index (κ1) is 12.3. The fourth-order valence-electron chi connectivity index (χ4n) is 1.03. The molecule has 6 heteroatoms. The molecule has 1 atom stereocenters. The molecule has 0 aliphatic carbocycles. The minimum absolute atomic E-state index is 0.0790. The summed E-state index contributed by atoms with van der Waals surface area (Å²) in [4.78, 5) is 0. The molecule has 0 bridgehead atoms. The molecule has 84 valence electrons. The van der Waals surface area contributed by atoms with Gasteiger partial charge in [0.25, 0.3) is 0 Å². The van der Waals surface area contributed by atoms with Gasteiger partial charge in [-0.05, 0) is 17.7 Å². The van der Waals surface area contributed by atoms with Gasteiger partial charge in [0, 0.05) is 5.02 Å². The Labute approximate surface area is 88.8 Å². The van der Waals surface area contributed by atoms with Gasteiger partial charge in [-0.15, -0.1) is 0 Å². The van der Waals surface area contributed by atoms with Crippen molar-refractivity contribution in [3.05, 3.63) is 34.9 Å². The highest BCUT2D eigenvalue weighted by Gasteiger charge is 2.47. The van der Waals surface area contributed by atoms with Crippen LogP contribution in [0.4, 0.5) is 17.6 Å². The fourth-order valence-corrected chi connectivity index (χ4v) is 1.15. The first-order valence-electron chi connectivity index (χ1n) is 4.02. The second kappa shape index (κ2) is 4.37. The highest BCUT2D eigenvalue weighted by molar-refractivity contribution is 6.30. The van der Waals surface area contributed by atoms with Gasteiger partial charge in [-0.1, -0.05) is 23.7 Å². The first-order valence-corrected chi connectivity index (χ1v) is 4.40. The van der Waals surface area contributed by atoms with E-state index in [-0.39, 0.29) is 5.56 Å². The summed E-state index contributed by atoms with van der Waals surface area (Å²) in [6.45, 7) is 0. The Kier molecular flexibility index (Phi) is 3.57. The van der Waals surface area contributed by atoms with Gasteiger partial charge in [0.1, 0.15) is 6.04 Å². The molecule has 0 spiro atoms. The van der Waals surface area contributed by atoms with E-state index < -0.39 is 18.4 Å². The molecular formula is C9H8ClF4N. The van der Waals surface area contributed by atoms with Crippen molar-refractivity contribution < 1.29 is 17.6 Å². The number of alkyl halides is 4. The van der Waals surface area contributed by atoms with Crippen LogP contribution in [0.15, 0.2) is 24.3 Å². The molecular weight excluding hydrogens is 234 g/mol. The van der Waals surface area contributed by atoms with Gasteiger partial charge < -0.3 is 5.73 Å². The van der Waals surface area contributed by atoms with E-state index in [0.29, 0.717) is 5.02 Å². The summed E-state index contributed by atoms with van der Waals surface area (Å²) in [5, 5.41) is 0.325. The molecule has 0 heterocycles. The number of hydrogen-bond donors (Lipinski definition) is 1. The number of benzene rings is 1. The second-order valence-corrected chi connectivity index (χ2v) is 3.44. The molecule has 1 nitrogen and oxygen atoms in total. The van der Waals surface area contributed by atoms with Gasteiger partial charge in [-0.2, -0.15) is 8.78 Å². The highest BCUT2D eigenvalue weighted by atomic mass is 35.5. The first-order chi connectivity index (χ1) is 6.85. The second-order valence-electron chi connectivity index (χ2n) is 3.00. The molecule has 0 saturated carbocycles. The number of halogens is 5. The predicted molar refractivity (Wildman–Crippen MR) is 49.3 cm³/mol. The predicted octanol–water partition coefficient (Wildman–Crippen LogP) is 3.24. The van der Waals surface area contributed by atoms with Crippen molar-refractivity contribution in [3.8, 4) is 0 Å². The third-order valence-corrected chi connectivity index (χ3v) is 2.19.